The van der Waals surface area contributed by atoms with Crippen molar-refractivity contribution in [2.75, 3.05) is 7.11 Å². The summed E-state index contributed by atoms with van der Waals surface area (Å²) in [5, 5.41) is 0. The van der Waals surface area contributed by atoms with Crippen molar-refractivity contribution in [2.45, 2.75) is 80.1 Å². The Kier molecular flexibility index (Phi) is 10.2. The van der Waals surface area contributed by atoms with Gasteiger partial charge in [0.15, 0.2) is 0 Å². The number of hydrogen-bond donors (Lipinski definition) is 0. The van der Waals surface area contributed by atoms with Gasteiger partial charge in [-0.05, 0) is 37.1 Å². The van der Waals surface area contributed by atoms with Crippen LogP contribution >= 0.6 is 0 Å². The highest BCUT2D eigenvalue weighted by Gasteiger charge is 2.95. The van der Waals surface area contributed by atoms with E-state index in [9.17, 15) is 74.6 Å². The summed E-state index contributed by atoms with van der Waals surface area (Å²) in [6.45, 7) is 3.20. The first kappa shape index (κ1) is 38.2. The normalized spacial score (nSPS) is 15.4. The van der Waals surface area contributed by atoms with Crippen molar-refractivity contribution in [3.05, 3.63) is 65.2 Å². The summed E-state index contributed by atoms with van der Waals surface area (Å²) in [4.78, 5) is 0. The van der Waals surface area contributed by atoms with E-state index >= 15 is 0 Å². The fourth-order valence-electron chi connectivity index (χ4n) is 3.80. The fraction of sp³-hybridized carbons (Fsp3) is 0.538. The zero-order valence-electron chi connectivity index (χ0n) is 22.7. The van der Waals surface area contributed by atoms with Crippen LogP contribution in [-0.4, -0.2) is 54.9 Å². The largest absolute Gasteiger partial charge is 0.497 e. The minimum absolute atomic E-state index is 0.0306. The Labute approximate surface area is 243 Å². The van der Waals surface area contributed by atoms with Gasteiger partial charge in [-0.1, -0.05) is 36.4 Å². The maximum Gasteiger partial charge on any atom is 0.460 e. The number of hydrogen-bond acceptors (Lipinski definition) is 2. The molecule has 0 spiro atoms. The van der Waals surface area contributed by atoms with Crippen LogP contribution in [0.15, 0.2) is 48.5 Å². The molecule has 2 nitrogen and oxygen atoms in total. The predicted molar refractivity (Wildman–Crippen MR) is 122 cm³/mol. The van der Waals surface area contributed by atoms with E-state index < -0.39 is 65.4 Å². The standard InChI is InChI=1S/C26H21F17O2/c1-13(2)45-18(15-6-10-17(44-3)11-7-15)12-14-4-8-16(9-5-14)19(27,28)20(29,30)21(31,32)22(33,34)23(35,36)24(37,38)25(39,40)26(41,42)43/h4-11,13,18H,12H2,1-3H3. The molecule has 256 valence electrons. The zero-order valence-corrected chi connectivity index (χ0v) is 22.7. The molecule has 0 aliphatic carbocycles. The van der Waals surface area contributed by atoms with Crippen LogP contribution < -0.4 is 4.74 Å². The van der Waals surface area contributed by atoms with Gasteiger partial charge in [0.1, 0.15) is 5.75 Å². The number of halogens is 17. The molecule has 0 heterocycles. The molecule has 19 heteroatoms. The summed E-state index contributed by atoms with van der Waals surface area (Å²) in [7, 11) is 1.36. The average Bonchev–Trinajstić information content (AvgIpc) is 2.91. The van der Waals surface area contributed by atoms with Crippen molar-refractivity contribution in [1.29, 1.82) is 0 Å². The Morgan fingerprint density at radius 2 is 0.933 bits per heavy atom. The van der Waals surface area contributed by atoms with Crippen molar-refractivity contribution in [3.63, 3.8) is 0 Å². The first-order valence-electron chi connectivity index (χ1n) is 12.1. The van der Waals surface area contributed by atoms with Crippen LogP contribution in [0.25, 0.3) is 0 Å². The highest BCUT2D eigenvalue weighted by atomic mass is 19.4. The van der Waals surface area contributed by atoms with E-state index in [1.165, 1.54) is 31.4 Å². The molecule has 0 aliphatic rings. The number of methoxy groups -OCH3 is 1. The third-order valence-electron chi connectivity index (χ3n) is 6.38. The van der Waals surface area contributed by atoms with Crippen molar-refractivity contribution in [1.82, 2.24) is 0 Å². The summed E-state index contributed by atoms with van der Waals surface area (Å²) in [5.74, 6) is -56.4. The molecule has 0 fully saturated rings. The highest BCUT2D eigenvalue weighted by molar-refractivity contribution is 5.33. The maximum atomic E-state index is 14.6. The van der Waals surface area contributed by atoms with Crippen LogP contribution in [0.5, 0.6) is 5.75 Å². The lowest BCUT2D eigenvalue weighted by Gasteiger charge is -2.42. The number of ether oxygens (including phenoxy) is 2. The van der Waals surface area contributed by atoms with Crippen molar-refractivity contribution < 1.29 is 84.1 Å². The molecule has 45 heavy (non-hydrogen) atoms. The second-order valence-corrected chi connectivity index (χ2v) is 9.87. The SMILES string of the molecule is COc1ccc(C(Cc2ccc(C(F)(F)C(F)(F)C(F)(F)C(F)(F)C(F)(F)C(F)(F)C(F)(F)C(F)(F)F)cc2)OC(C)C)cc1. The second kappa shape index (κ2) is 12.0. The molecule has 0 aliphatic heterocycles. The van der Waals surface area contributed by atoms with Gasteiger partial charge >= 0.3 is 47.6 Å². The Hall–Kier alpha value is -2.99. The van der Waals surface area contributed by atoms with Gasteiger partial charge in [0.25, 0.3) is 0 Å². The lowest BCUT2D eigenvalue weighted by molar-refractivity contribution is -0.462. The molecule has 0 saturated carbocycles. The molecule has 1 atom stereocenters. The van der Waals surface area contributed by atoms with E-state index in [4.69, 9.17) is 9.47 Å². The van der Waals surface area contributed by atoms with E-state index in [0.717, 1.165) is 0 Å². The molecule has 2 aromatic rings. The van der Waals surface area contributed by atoms with Gasteiger partial charge in [0, 0.05) is 12.0 Å². The van der Waals surface area contributed by atoms with E-state index in [-0.39, 0.29) is 24.1 Å². The molecule has 2 rings (SSSR count). The Bertz CT molecular complexity index is 1280. The predicted octanol–water partition coefficient (Wildman–Crippen LogP) is 9.87. The minimum atomic E-state index is -8.67. The smallest absolute Gasteiger partial charge is 0.460 e. The van der Waals surface area contributed by atoms with Crippen LogP contribution in [-0.2, 0) is 17.1 Å². The third kappa shape index (κ3) is 6.24. The van der Waals surface area contributed by atoms with Crippen LogP contribution in [0.2, 0.25) is 0 Å². The van der Waals surface area contributed by atoms with Crippen LogP contribution in [0, 0.1) is 0 Å². The van der Waals surface area contributed by atoms with E-state index in [2.05, 4.69) is 0 Å². The van der Waals surface area contributed by atoms with Crippen LogP contribution in [0.3, 0.4) is 0 Å². The summed E-state index contributed by atoms with van der Waals surface area (Å²) in [6, 6.07) is 7.17. The molecular formula is C26H21F17O2. The summed E-state index contributed by atoms with van der Waals surface area (Å²) in [5.41, 5.74) is -1.83. The van der Waals surface area contributed by atoms with E-state index in [0.29, 0.717) is 23.4 Å². The highest BCUT2D eigenvalue weighted by Crippen LogP contribution is 2.65. The monoisotopic (exact) mass is 688 g/mol. The first-order chi connectivity index (χ1) is 20.0. The molecular weight excluding hydrogens is 667 g/mol. The summed E-state index contributed by atoms with van der Waals surface area (Å²) < 4.78 is 242. The van der Waals surface area contributed by atoms with E-state index in [1.54, 1.807) is 13.8 Å². The molecule has 1 unspecified atom stereocenters. The molecule has 0 aromatic heterocycles. The van der Waals surface area contributed by atoms with Gasteiger partial charge in [0.05, 0.1) is 19.3 Å². The topological polar surface area (TPSA) is 18.5 Å². The second-order valence-electron chi connectivity index (χ2n) is 9.87. The number of benzene rings is 2. The van der Waals surface area contributed by atoms with Crippen molar-refractivity contribution in [3.8, 4) is 5.75 Å². The third-order valence-corrected chi connectivity index (χ3v) is 6.38. The van der Waals surface area contributed by atoms with E-state index in [1.807, 2.05) is 0 Å². The van der Waals surface area contributed by atoms with Gasteiger partial charge in [-0.2, -0.15) is 74.6 Å². The lowest BCUT2D eigenvalue weighted by Crippen LogP contribution is -2.74. The molecule has 0 saturated heterocycles. The molecule has 0 N–H and O–H groups in total. The van der Waals surface area contributed by atoms with Crippen LogP contribution in [0.1, 0.15) is 36.6 Å². The van der Waals surface area contributed by atoms with Crippen LogP contribution in [0.4, 0.5) is 74.6 Å². The first-order valence-corrected chi connectivity index (χ1v) is 12.1. The van der Waals surface area contributed by atoms with Gasteiger partial charge in [-0.25, -0.2) is 0 Å². The quantitative estimate of drug-likeness (QED) is 0.195. The Morgan fingerprint density at radius 3 is 1.31 bits per heavy atom. The number of rotatable bonds is 13. The molecule has 0 radical (unpaired) electrons. The lowest BCUT2D eigenvalue weighted by atomic mass is 9.87. The Balaban J connectivity index is 2.49. The molecule has 0 bridgehead atoms. The van der Waals surface area contributed by atoms with Gasteiger partial charge in [-0.3, -0.25) is 0 Å². The van der Waals surface area contributed by atoms with Crippen molar-refractivity contribution >= 4 is 0 Å². The summed E-state index contributed by atoms with van der Waals surface area (Å²) >= 11 is 0. The number of alkyl halides is 17. The average molecular weight is 688 g/mol. The molecule has 0 amide bonds. The maximum absolute atomic E-state index is 14.6. The molecule has 2 aromatic carbocycles. The van der Waals surface area contributed by atoms with Gasteiger partial charge in [0.2, 0.25) is 0 Å². The Morgan fingerprint density at radius 1 is 0.533 bits per heavy atom. The fourth-order valence-corrected chi connectivity index (χ4v) is 3.80. The van der Waals surface area contributed by atoms with Crippen molar-refractivity contribution in [2.24, 2.45) is 0 Å². The zero-order chi connectivity index (χ0) is 35.2. The summed E-state index contributed by atoms with van der Waals surface area (Å²) in [6.07, 6.45) is -9.32. The minimum Gasteiger partial charge on any atom is -0.497 e. The van der Waals surface area contributed by atoms with Gasteiger partial charge in [-0.15, -0.1) is 0 Å². The van der Waals surface area contributed by atoms with Gasteiger partial charge < -0.3 is 9.47 Å².